The number of hydrogen-bond donors (Lipinski definition) is 0. The van der Waals surface area contributed by atoms with Gasteiger partial charge in [-0.1, -0.05) is 64.5 Å². The summed E-state index contributed by atoms with van der Waals surface area (Å²) in [6.45, 7) is 4.95. The molecule has 0 unspecified atom stereocenters. The lowest BCUT2D eigenvalue weighted by molar-refractivity contribution is -0.143. The number of allylic oxidation sites excluding steroid dienone is 2. The number of carbonyl (C=O) groups excluding carboxylic acids is 1. The van der Waals surface area contributed by atoms with Gasteiger partial charge >= 0.3 is 5.97 Å². The summed E-state index contributed by atoms with van der Waals surface area (Å²) in [7, 11) is 0. The molecule has 0 saturated carbocycles. The molecule has 0 amide bonds. The van der Waals surface area contributed by atoms with E-state index < -0.39 is 0 Å². The van der Waals surface area contributed by atoms with Crippen molar-refractivity contribution in [2.45, 2.75) is 97.3 Å². The summed E-state index contributed by atoms with van der Waals surface area (Å²) >= 11 is 0. The fourth-order valence-corrected chi connectivity index (χ4v) is 2.21. The first kappa shape index (κ1) is 20.2. The van der Waals surface area contributed by atoms with Crippen LogP contribution in [-0.4, -0.2) is 12.6 Å². The Morgan fingerprint density at radius 3 is 1.95 bits per heavy atom. The highest BCUT2D eigenvalue weighted by atomic mass is 16.5. The summed E-state index contributed by atoms with van der Waals surface area (Å²) in [4.78, 5) is 11.4. The smallest absolute Gasteiger partial charge is 0.305 e. The topological polar surface area (TPSA) is 26.3 Å². The van der Waals surface area contributed by atoms with Crippen LogP contribution in [0.1, 0.15) is 97.3 Å². The van der Waals surface area contributed by atoms with Gasteiger partial charge in [0, 0.05) is 6.42 Å². The minimum atomic E-state index is -0.0181. The Morgan fingerprint density at radius 1 is 0.762 bits per heavy atom. The van der Waals surface area contributed by atoms with Gasteiger partial charge in [0.05, 0.1) is 6.61 Å². The summed E-state index contributed by atoms with van der Waals surface area (Å²) in [5.41, 5.74) is 0. The van der Waals surface area contributed by atoms with Crippen LogP contribution in [0, 0.1) is 0 Å². The van der Waals surface area contributed by atoms with Crippen LogP contribution in [0.15, 0.2) is 12.2 Å². The molecular formula is C19H36O2. The standard InChI is InChI=1S/C19H36O2/c1-3-5-7-8-9-10-11-12-13-14-15-16-17-19(20)21-18-6-4-2/h10-11H,3-9,12-18H2,1-2H3. The zero-order chi connectivity index (χ0) is 15.6. The monoisotopic (exact) mass is 296 g/mol. The molecule has 0 N–H and O–H groups in total. The molecule has 0 aliphatic carbocycles. The molecule has 0 aromatic heterocycles. The fraction of sp³-hybridized carbons (Fsp3) is 0.842. The summed E-state index contributed by atoms with van der Waals surface area (Å²) < 4.78 is 5.13. The van der Waals surface area contributed by atoms with E-state index >= 15 is 0 Å². The molecule has 0 saturated heterocycles. The number of carbonyl (C=O) groups is 1. The van der Waals surface area contributed by atoms with E-state index in [0.717, 1.165) is 25.7 Å². The first-order valence-electron chi connectivity index (χ1n) is 9.11. The van der Waals surface area contributed by atoms with E-state index in [9.17, 15) is 4.79 Å². The zero-order valence-corrected chi connectivity index (χ0v) is 14.4. The zero-order valence-electron chi connectivity index (χ0n) is 14.4. The second kappa shape index (κ2) is 17.3. The van der Waals surface area contributed by atoms with Crippen molar-refractivity contribution in [1.29, 1.82) is 0 Å². The molecular weight excluding hydrogens is 260 g/mol. The molecule has 124 valence electrons. The van der Waals surface area contributed by atoms with Crippen molar-refractivity contribution in [2.24, 2.45) is 0 Å². The Hall–Kier alpha value is -0.790. The number of hydrogen-bond acceptors (Lipinski definition) is 2. The van der Waals surface area contributed by atoms with Crippen LogP contribution in [-0.2, 0) is 9.53 Å². The average Bonchev–Trinajstić information content (AvgIpc) is 2.48. The van der Waals surface area contributed by atoms with E-state index in [1.54, 1.807) is 0 Å². The predicted octanol–water partition coefficient (Wildman–Crippen LogP) is 6.20. The molecule has 0 bridgehead atoms. The Labute approximate surface area is 132 Å². The van der Waals surface area contributed by atoms with E-state index in [1.807, 2.05) is 0 Å². The van der Waals surface area contributed by atoms with Gasteiger partial charge in [-0.15, -0.1) is 0 Å². The molecule has 2 heteroatoms. The molecule has 21 heavy (non-hydrogen) atoms. The maximum Gasteiger partial charge on any atom is 0.305 e. The predicted molar refractivity (Wildman–Crippen MR) is 91.5 cm³/mol. The summed E-state index contributed by atoms with van der Waals surface area (Å²) in [5.74, 6) is -0.0181. The van der Waals surface area contributed by atoms with E-state index in [2.05, 4.69) is 26.0 Å². The molecule has 0 atom stereocenters. The van der Waals surface area contributed by atoms with Crippen molar-refractivity contribution in [1.82, 2.24) is 0 Å². The Balaban J connectivity index is 3.17. The summed E-state index contributed by atoms with van der Waals surface area (Å²) in [5, 5.41) is 0. The van der Waals surface area contributed by atoms with Crippen molar-refractivity contribution in [3.8, 4) is 0 Å². The van der Waals surface area contributed by atoms with Gasteiger partial charge < -0.3 is 4.74 Å². The third-order valence-electron chi connectivity index (χ3n) is 3.65. The van der Waals surface area contributed by atoms with E-state index in [1.165, 1.54) is 51.4 Å². The highest BCUT2D eigenvalue weighted by Gasteiger charge is 2.01. The lowest BCUT2D eigenvalue weighted by Gasteiger charge is -2.03. The van der Waals surface area contributed by atoms with Gasteiger partial charge in [-0.2, -0.15) is 0 Å². The number of unbranched alkanes of at least 4 members (excludes halogenated alkanes) is 9. The third kappa shape index (κ3) is 17.2. The van der Waals surface area contributed by atoms with Gasteiger partial charge in [-0.25, -0.2) is 0 Å². The third-order valence-corrected chi connectivity index (χ3v) is 3.65. The SMILES string of the molecule is CCCCCCC=CCCCCCCC(=O)OCCCC. The Bertz CT molecular complexity index is 246. The first-order valence-corrected chi connectivity index (χ1v) is 9.11. The highest BCUT2D eigenvalue weighted by molar-refractivity contribution is 5.69. The summed E-state index contributed by atoms with van der Waals surface area (Å²) in [6, 6.07) is 0. The van der Waals surface area contributed by atoms with Crippen molar-refractivity contribution in [3.63, 3.8) is 0 Å². The van der Waals surface area contributed by atoms with E-state index in [0.29, 0.717) is 13.0 Å². The number of rotatable bonds is 15. The highest BCUT2D eigenvalue weighted by Crippen LogP contribution is 2.08. The quantitative estimate of drug-likeness (QED) is 0.204. The second-order valence-corrected chi connectivity index (χ2v) is 5.85. The largest absolute Gasteiger partial charge is 0.466 e. The van der Waals surface area contributed by atoms with Gasteiger partial charge in [0.15, 0.2) is 0 Å². The van der Waals surface area contributed by atoms with Gasteiger partial charge in [0.25, 0.3) is 0 Å². The molecule has 0 aromatic carbocycles. The maximum atomic E-state index is 11.4. The minimum Gasteiger partial charge on any atom is -0.466 e. The van der Waals surface area contributed by atoms with Crippen molar-refractivity contribution in [2.75, 3.05) is 6.61 Å². The maximum absolute atomic E-state index is 11.4. The van der Waals surface area contributed by atoms with Crippen LogP contribution < -0.4 is 0 Å². The van der Waals surface area contributed by atoms with Crippen LogP contribution in [0.2, 0.25) is 0 Å². The van der Waals surface area contributed by atoms with Crippen LogP contribution in [0.4, 0.5) is 0 Å². The van der Waals surface area contributed by atoms with Crippen LogP contribution >= 0.6 is 0 Å². The van der Waals surface area contributed by atoms with Gasteiger partial charge in [-0.05, 0) is 38.5 Å². The fourth-order valence-electron chi connectivity index (χ4n) is 2.21. The molecule has 2 nitrogen and oxygen atoms in total. The molecule has 0 aliphatic rings. The summed E-state index contributed by atoms with van der Waals surface area (Å²) in [6.07, 6.45) is 19.7. The van der Waals surface area contributed by atoms with Crippen LogP contribution in [0.25, 0.3) is 0 Å². The lowest BCUT2D eigenvalue weighted by Crippen LogP contribution is -2.05. The average molecular weight is 296 g/mol. The van der Waals surface area contributed by atoms with Crippen molar-refractivity contribution in [3.05, 3.63) is 12.2 Å². The van der Waals surface area contributed by atoms with Crippen molar-refractivity contribution >= 4 is 5.97 Å². The van der Waals surface area contributed by atoms with Gasteiger partial charge in [0.1, 0.15) is 0 Å². The van der Waals surface area contributed by atoms with Crippen LogP contribution in [0.5, 0.6) is 0 Å². The normalized spacial score (nSPS) is 11.1. The molecule has 0 spiro atoms. The molecule has 0 rings (SSSR count). The first-order chi connectivity index (χ1) is 10.3. The molecule has 0 fully saturated rings. The van der Waals surface area contributed by atoms with Gasteiger partial charge in [0.2, 0.25) is 0 Å². The minimum absolute atomic E-state index is 0.0181. The van der Waals surface area contributed by atoms with Crippen LogP contribution in [0.3, 0.4) is 0 Å². The molecule has 0 aliphatic heterocycles. The number of ether oxygens (including phenoxy) is 1. The number of esters is 1. The molecule has 0 heterocycles. The second-order valence-electron chi connectivity index (χ2n) is 5.85. The molecule has 0 aromatic rings. The lowest BCUT2D eigenvalue weighted by atomic mass is 10.1. The Kier molecular flexibility index (Phi) is 16.6. The van der Waals surface area contributed by atoms with E-state index in [4.69, 9.17) is 4.74 Å². The van der Waals surface area contributed by atoms with Crippen molar-refractivity contribution < 1.29 is 9.53 Å². The van der Waals surface area contributed by atoms with E-state index in [-0.39, 0.29) is 5.97 Å². The molecule has 0 radical (unpaired) electrons. The Morgan fingerprint density at radius 2 is 1.33 bits per heavy atom. The van der Waals surface area contributed by atoms with Gasteiger partial charge in [-0.3, -0.25) is 4.79 Å².